The highest BCUT2D eigenvalue weighted by atomic mass is 32.1. The summed E-state index contributed by atoms with van der Waals surface area (Å²) in [6.07, 6.45) is 3.31. The molecular formula is C17H18N6OS2. The molecule has 1 atom stereocenters. The molecule has 0 fully saturated rings. The summed E-state index contributed by atoms with van der Waals surface area (Å²) >= 11 is 2.88. The highest BCUT2D eigenvalue weighted by Crippen LogP contribution is 2.28. The van der Waals surface area contributed by atoms with E-state index in [9.17, 15) is 4.79 Å². The summed E-state index contributed by atoms with van der Waals surface area (Å²) in [5.41, 5.74) is 16.0. The van der Waals surface area contributed by atoms with Gasteiger partial charge in [-0.05, 0) is 30.5 Å². The van der Waals surface area contributed by atoms with Crippen LogP contribution < -0.4 is 16.4 Å². The molecule has 3 aromatic rings. The number of rotatable bonds is 7. The largest absolute Gasteiger partial charge is 0.370 e. The Balaban J connectivity index is 1.81. The van der Waals surface area contributed by atoms with Gasteiger partial charge in [0.05, 0.1) is 11.2 Å². The Morgan fingerprint density at radius 2 is 1.96 bits per heavy atom. The van der Waals surface area contributed by atoms with E-state index in [1.54, 1.807) is 22.9 Å². The SMILES string of the molecule is N=C(N)N(c1ccc(CCc2cscn2)cc1)C(C(N)=O)c1nccs1. The first-order valence-corrected chi connectivity index (χ1v) is 9.66. The molecule has 0 radical (unpaired) electrons. The van der Waals surface area contributed by atoms with Gasteiger partial charge in [-0.15, -0.1) is 22.7 Å². The molecule has 0 spiro atoms. The van der Waals surface area contributed by atoms with Gasteiger partial charge in [-0.1, -0.05) is 12.1 Å². The highest BCUT2D eigenvalue weighted by Gasteiger charge is 2.30. The molecule has 0 saturated heterocycles. The van der Waals surface area contributed by atoms with Gasteiger partial charge in [0.25, 0.3) is 0 Å². The Bertz CT molecular complexity index is 861. The predicted molar refractivity (Wildman–Crippen MR) is 104 cm³/mol. The number of nitrogens with one attached hydrogen (secondary N) is 1. The Morgan fingerprint density at radius 1 is 1.19 bits per heavy atom. The van der Waals surface area contributed by atoms with Crippen molar-refractivity contribution in [1.82, 2.24) is 9.97 Å². The van der Waals surface area contributed by atoms with E-state index < -0.39 is 11.9 Å². The van der Waals surface area contributed by atoms with Crippen molar-refractivity contribution in [2.75, 3.05) is 4.90 Å². The molecule has 0 aliphatic carbocycles. The molecule has 2 heterocycles. The lowest BCUT2D eigenvalue weighted by Crippen LogP contribution is -2.45. The fourth-order valence-electron chi connectivity index (χ4n) is 2.61. The molecule has 0 aliphatic rings. The molecule has 5 N–H and O–H groups in total. The molecule has 0 aliphatic heterocycles. The standard InChI is InChI=1S/C17H18N6OS2/c18-15(24)14(16-21-7-8-26-16)23(17(19)20)13-5-2-11(3-6-13)1-4-12-9-25-10-22-12/h2-3,5-10,14H,1,4H2,(H2,18,24)(H3,19,20). The fourth-order valence-corrected chi connectivity index (χ4v) is 3.94. The van der Waals surface area contributed by atoms with Crippen LogP contribution >= 0.6 is 22.7 Å². The van der Waals surface area contributed by atoms with Crippen LogP contribution in [0.15, 0.2) is 46.7 Å². The van der Waals surface area contributed by atoms with E-state index in [1.807, 2.05) is 35.2 Å². The number of nitrogens with zero attached hydrogens (tertiary/aromatic N) is 3. The maximum Gasteiger partial charge on any atom is 0.247 e. The number of amides is 1. The van der Waals surface area contributed by atoms with Gasteiger partial charge in [-0.25, -0.2) is 9.97 Å². The zero-order valence-electron chi connectivity index (χ0n) is 13.8. The quantitative estimate of drug-likeness (QED) is 0.425. The van der Waals surface area contributed by atoms with Gasteiger partial charge in [0.1, 0.15) is 5.01 Å². The summed E-state index contributed by atoms with van der Waals surface area (Å²) in [4.78, 5) is 21.8. The number of guanidine groups is 1. The minimum absolute atomic E-state index is 0.265. The minimum Gasteiger partial charge on any atom is -0.370 e. The van der Waals surface area contributed by atoms with Gasteiger partial charge in [0.2, 0.25) is 5.91 Å². The number of aromatic nitrogens is 2. The smallest absolute Gasteiger partial charge is 0.247 e. The average Bonchev–Trinajstić information content (AvgIpc) is 3.31. The van der Waals surface area contributed by atoms with Gasteiger partial charge >= 0.3 is 0 Å². The van der Waals surface area contributed by atoms with Gasteiger partial charge in [-0.3, -0.25) is 15.1 Å². The minimum atomic E-state index is -0.909. The van der Waals surface area contributed by atoms with Crippen molar-refractivity contribution >= 4 is 40.2 Å². The molecule has 0 bridgehead atoms. The topological polar surface area (TPSA) is 122 Å². The Morgan fingerprint density at radius 3 is 2.50 bits per heavy atom. The average molecular weight is 387 g/mol. The summed E-state index contributed by atoms with van der Waals surface area (Å²) in [6.45, 7) is 0. The molecule has 26 heavy (non-hydrogen) atoms. The van der Waals surface area contributed by atoms with Crippen LogP contribution in [0.3, 0.4) is 0 Å². The molecule has 1 aromatic carbocycles. The van der Waals surface area contributed by atoms with Crippen LogP contribution in [0.4, 0.5) is 5.69 Å². The summed E-state index contributed by atoms with van der Waals surface area (Å²) in [6, 6.07) is 6.67. The molecule has 9 heteroatoms. The van der Waals surface area contributed by atoms with Crippen molar-refractivity contribution < 1.29 is 4.79 Å². The lowest BCUT2D eigenvalue weighted by Gasteiger charge is -2.28. The highest BCUT2D eigenvalue weighted by molar-refractivity contribution is 7.09. The molecule has 3 rings (SSSR count). The van der Waals surface area contributed by atoms with Crippen molar-refractivity contribution in [2.45, 2.75) is 18.9 Å². The second kappa shape index (κ2) is 8.07. The van der Waals surface area contributed by atoms with Crippen LogP contribution in [0.25, 0.3) is 0 Å². The number of nitrogens with two attached hydrogens (primary N) is 2. The van der Waals surface area contributed by atoms with E-state index in [1.165, 1.54) is 16.2 Å². The Labute approximate surface area is 158 Å². The molecule has 0 saturated carbocycles. The molecule has 2 aromatic heterocycles. The first kappa shape index (κ1) is 18.0. The normalized spacial score (nSPS) is 11.8. The van der Waals surface area contributed by atoms with Crippen LogP contribution in [0, 0.1) is 5.41 Å². The van der Waals surface area contributed by atoms with Gasteiger partial charge in [0.15, 0.2) is 12.0 Å². The third-order valence-electron chi connectivity index (χ3n) is 3.84. The van der Waals surface area contributed by atoms with E-state index in [0.29, 0.717) is 10.7 Å². The van der Waals surface area contributed by atoms with Crippen molar-refractivity contribution in [1.29, 1.82) is 5.41 Å². The maximum absolute atomic E-state index is 12.0. The van der Waals surface area contributed by atoms with E-state index in [-0.39, 0.29) is 5.96 Å². The predicted octanol–water partition coefficient (Wildman–Crippen LogP) is 2.31. The summed E-state index contributed by atoms with van der Waals surface area (Å²) in [5.74, 6) is -0.873. The van der Waals surface area contributed by atoms with Gasteiger partial charge in [-0.2, -0.15) is 0 Å². The Hall–Kier alpha value is -2.78. The number of aryl methyl sites for hydroxylation is 2. The molecule has 1 unspecified atom stereocenters. The summed E-state index contributed by atoms with van der Waals surface area (Å²) in [5, 5.41) is 12.2. The number of carbonyl (C=O) groups excluding carboxylic acids is 1. The molecule has 134 valence electrons. The number of carbonyl (C=O) groups is 1. The second-order valence-corrected chi connectivity index (χ2v) is 7.22. The van der Waals surface area contributed by atoms with E-state index in [0.717, 1.165) is 24.1 Å². The van der Waals surface area contributed by atoms with E-state index in [2.05, 4.69) is 9.97 Å². The lowest BCUT2D eigenvalue weighted by atomic mass is 10.1. The lowest BCUT2D eigenvalue weighted by molar-refractivity contribution is -0.119. The first-order chi connectivity index (χ1) is 12.6. The molecular weight excluding hydrogens is 368 g/mol. The third-order valence-corrected chi connectivity index (χ3v) is 5.30. The summed E-state index contributed by atoms with van der Waals surface area (Å²) < 4.78 is 0. The van der Waals surface area contributed by atoms with Gasteiger partial charge < -0.3 is 11.5 Å². The van der Waals surface area contributed by atoms with Gasteiger partial charge in [0, 0.05) is 22.6 Å². The van der Waals surface area contributed by atoms with E-state index in [4.69, 9.17) is 16.9 Å². The number of hydrogen-bond donors (Lipinski definition) is 3. The van der Waals surface area contributed by atoms with Crippen molar-refractivity contribution in [2.24, 2.45) is 11.5 Å². The van der Waals surface area contributed by atoms with Crippen LogP contribution in [0.2, 0.25) is 0 Å². The Kier molecular flexibility index (Phi) is 5.59. The van der Waals surface area contributed by atoms with Crippen molar-refractivity contribution in [3.63, 3.8) is 0 Å². The number of hydrogen-bond acceptors (Lipinski definition) is 6. The van der Waals surface area contributed by atoms with Crippen LogP contribution in [-0.4, -0.2) is 21.8 Å². The second-order valence-electron chi connectivity index (χ2n) is 5.58. The zero-order chi connectivity index (χ0) is 18.5. The van der Waals surface area contributed by atoms with Crippen molar-refractivity contribution in [3.05, 3.63) is 63.0 Å². The third kappa shape index (κ3) is 4.06. The monoisotopic (exact) mass is 386 g/mol. The van der Waals surface area contributed by atoms with E-state index >= 15 is 0 Å². The number of anilines is 1. The molecule has 1 amide bonds. The fraction of sp³-hybridized carbons (Fsp3) is 0.176. The summed E-state index contributed by atoms with van der Waals surface area (Å²) in [7, 11) is 0. The number of primary amides is 1. The first-order valence-electron chi connectivity index (χ1n) is 7.84. The molecule has 7 nitrogen and oxygen atoms in total. The number of benzene rings is 1. The van der Waals surface area contributed by atoms with Crippen molar-refractivity contribution in [3.8, 4) is 0 Å². The van der Waals surface area contributed by atoms with Crippen LogP contribution in [0.5, 0.6) is 0 Å². The number of thiazole rings is 2. The van der Waals surface area contributed by atoms with Crippen LogP contribution in [-0.2, 0) is 17.6 Å². The zero-order valence-corrected chi connectivity index (χ0v) is 15.5. The maximum atomic E-state index is 12.0. The van der Waals surface area contributed by atoms with Crippen LogP contribution in [0.1, 0.15) is 22.3 Å².